The maximum atomic E-state index is 13.2. The van der Waals surface area contributed by atoms with Crippen molar-refractivity contribution in [1.82, 2.24) is 14.2 Å². The minimum absolute atomic E-state index is 0.110. The first-order valence-corrected chi connectivity index (χ1v) is 18.0. The molecule has 1 fully saturated rings. The largest absolute Gasteiger partial charge is 0.407 e. The number of amides is 1. The summed E-state index contributed by atoms with van der Waals surface area (Å²) in [6.45, 7) is 22.7. The molecule has 5 atom stereocenters. The molecular formula is C27H48N5O6PSi. The first kappa shape index (κ1) is 34.5. The average molecular weight is 598 g/mol. The van der Waals surface area contributed by atoms with Gasteiger partial charge >= 0.3 is 5.69 Å². The Morgan fingerprint density at radius 3 is 2.38 bits per heavy atom. The Morgan fingerprint density at radius 2 is 1.90 bits per heavy atom. The van der Waals surface area contributed by atoms with E-state index in [1.165, 1.54) is 11.5 Å². The lowest BCUT2D eigenvalue weighted by Gasteiger charge is -2.42. The van der Waals surface area contributed by atoms with Crippen molar-refractivity contribution in [3.05, 3.63) is 22.7 Å². The number of ether oxygens (including phenoxy) is 1. The number of carbonyl (C=O) groups is 1. The van der Waals surface area contributed by atoms with Crippen molar-refractivity contribution in [2.75, 3.05) is 11.9 Å². The number of hydrogen-bond acceptors (Lipinski definition) is 9. The zero-order valence-corrected chi connectivity index (χ0v) is 27.8. The summed E-state index contributed by atoms with van der Waals surface area (Å²) >= 11 is 0. The molecule has 0 radical (unpaired) electrons. The van der Waals surface area contributed by atoms with Crippen molar-refractivity contribution in [3.8, 4) is 6.07 Å². The highest BCUT2D eigenvalue weighted by atomic mass is 31.2. The van der Waals surface area contributed by atoms with Crippen molar-refractivity contribution in [1.29, 1.82) is 5.26 Å². The van der Waals surface area contributed by atoms with Gasteiger partial charge in [-0.05, 0) is 58.3 Å². The van der Waals surface area contributed by atoms with Gasteiger partial charge in [-0.1, -0.05) is 27.7 Å². The molecule has 2 rings (SSSR count). The summed E-state index contributed by atoms with van der Waals surface area (Å²) in [4.78, 5) is 28.7. The van der Waals surface area contributed by atoms with Gasteiger partial charge in [-0.25, -0.2) is 9.46 Å². The predicted molar refractivity (Wildman–Crippen MR) is 159 cm³/mol. The monoisotopic (exact) mass is 597 g/mol. The SMILES string of the molecule is CC[C@H]1O[C@@H](n2ccc(NC(C)=O)nc2=O)[C@@H](O[Si](C)(C)C(C)(C)C)C1OP(OCCC#N)N(C(C)C)C(C)C. The maximum Gasteiger partial charge on any atom is 0.351 e. The third-order valence-corrected chi connectivity index (χ3v) is 13.8. The number of hydrogen-bond donors (Lipinski definition) is 1. The molecule has 40 heavy (non-hydrogen) atoms. The maximum absolute atomic E-state index is 13.2. The Bertz CT molecular complexity index is 1080. The van der Waals surface area contributed by atoms with E-state index in [2.05, 4.69) is 82.6 Å². The molecule has 1 aromatic rings. The van der Waals surface area contributed by atoms with Gasteiger partial charge < -0.3 is 23.5 Å². The normalized spacial score (nSPS) is 22.6. The van der Waals surface area contributed by atoms with E-state index in [1.807, 2.05) is 6.92 Å². The zero-order chi connectivity index (χ0) is 30.4. The molecular weight excluding hydrogens is 549 g/mol. The summed E-state index contributed by atoms with van der Waals surface area (Å²) in [5.74, 6) is -0.141. The van der Waals surface area contributed by atoms with E-state index < -0.39 is 41.0 Å². The van der Waals surface area contributed by atoms with E-state index in [1.54, 1.807) is 12.3 Å². The van der Waals surface area contributed by atoms with Gasteiger partial charge in [-0.15, -0.1) is 0 Å². The fourth-order valence-electron chi connectivity index (χ4n) is 4.29. The van der Waals surface area contributed by atoms with Gasteiger partial charge in [0.05, 0.1) is 25.2 Å². The van der Waals surface area contributed by atoms with Crippen molar-refractivity contribution < 1.29 is 23.0 Å². The van der Waals surface area contributed by atoms with Crippen LogP contribution in [0.5, 0.6) is 0 Å². The van der Waals surface area contributed by atoms with Crippen LogP contribution in [0.4, 0.5) is 5.82 Å². The fourth-order valence-corrected chi connectivity index (χ4v) is 7.34. The van der Waals surface area contributed by atoms with Crippen LogP contribution >= 0.6 is 8.53 Å². The molecule has 1 amide bonds. The molecule has 1 N–H and O–H groups in total. The molecule has 226 valence electrons. The summed E-state index contributed by atoms with van der Waals surface area (Å²) in [5, 5.41) is 11.6. The number of aromatic nitrogens is 2. The highest BCUT2D eigenvalue weighted by Crippen LogP contribution is 2.52. The third-order valence-electron chi connectivity index (χ3n) is 7.21. The number of nitrogens with one attached hydrogen (secondary N) is 1. The topological polar surface area (TPSA) is 128 Å². The summed E-state index contributed by atoms with van der Waals surface area (Å²) in [6.07, 6.45) is 0.101. The summed E-state index contributed by atoms with van der Waals surface area (Å²) < 4.78 is 30.1. The molecule has 2 unspecified atom stereocenters. The summed E-state index contributed by atoms with van der Waals surface area (Å²) in [5.41, 5.74) is -0.561. The fraction of sp³-hybridized carbons (Fsp3) is 0.778. The quantitative estimate of drug-likeness (QED) is 0.177. The molecule has 1 aliphatic rings. The van der Waals surface area contributed by atoms with E-state index in [0.29, 0.717) is 6.42 Å². The number of nitrogens with zero attached hydrogens (tertiary/aromatic N) is 4. The molecule has 13 heteroatoms. The van der Waals surface area contributed by atoms with Crippen LogP contribution in [-0.4, -0.2) is 65.4 Å². The standard InChI is InChI=1S/C27H48N5O6PSi/c1-12-21-23(37-39(35-17-13-15-28)32(18(2)3)19(4)5)24(38-40(10,11)27(7,8)9)25(36-21)31-16-14-22(29-20(6)33)30-26(31)34/h14,16,18-19,21,23-25H,12-13,17H2,1-11H3,(H,29,30,33,34)/t21-,23?,24+,25-,39?/m1/s1. The zero-order valence-electron chi connectivity index (χ0n) is 25.9. The van der Waals surface area contributed by atoms with E-state index in [9.17, 15) is 9.59 Å². The van der Waals surface area contributed by atoms with E-state index in [-0.39, 0.29) is 48.0 Å². The van der Waals surface area contributed by atoms with Crippen LogP contribution in [0.1, 0.15) is 81.4 Å². The van der Waals surface area contributed by atoms with Crippen LogP contribution in [-0.2, 0) is 23.0 Å². The Hall–Kier alpha value is -1.71. The van der Waals surface area contributed by atoms with Crippen LogP contribution in [0.2, 0.25) is 18.1 Å². The lowest BCUT2D eigenvalue weighted by molar-refractivity contribution is -0.114. The molecule has 2 heterocycles. The lowest BCUT2D eigenvalue weighted by Crippen LogP contribution is -2.50. The molecule has 0 bridgehead atoms. The highest BCUT2D eigenvalue weighted by Gasteiger charge is 2.52. The number of carbonyl (C=O) groups excluding carboxylic acids is 1. The van der Waals surface area contributed by atoms with Gasteiger partial charge in [-0.3, -0.25) is 9.36 Å². The van der Waals surface area contributed by atoms with Gasteiger partial charge in [0, 0.05) is 25.2 Å². The summed E-state index contributed by atoms with van der Waals surface area (Å²) in [6, 6.07) is 3.96. The molecule has 0 saturated carbocycles. The summed E-state index contributed by atoms with van der Waals surface area (Å²) in [7, 11) is -3.95. The van der Waals surface area contributed by atoms with E-state index >= 15 is 0 Å². The Kier molecular flexibility index (Phi) is 12.5. The highest BCUT2D eigenvalue weighted by molar-refractivity contribution is 7.44. The van der Waals surface area contributed by atoms with Gasteiger partial charge in [0.2, 0.25) is 5.91 Å². The van der Waals surface area contributed by atoms with Crippen LogP contribution in [0.15, 0.2) is 17.1 Å². The number of anilines is 1. The van der Waals surface area contributed by atoms with Crippen LogP contribution in [0, 0.1) is 11.3 Å². The minimum atomic E-state index is -2.37. The van der Waals surface area contributed by atoms with Crippen molar-refractivity contribution in [3.63, 3.8) is 0 Å². The second-order valence-corrected chi connectivity index (χ2v) is 18.3. The van der Waals surface area contributed by atoms with Crippen LogP contribution in [0.3, 0.4) is 0 Å². The number of nitriles is 1. The molecule has 11 nitrogen and oxygen atoms in total. The second kappa shape index (κ2) is 14.5. The third kappa shape index (κ3) is 8.65. The van der Waals surface area contributed by atoms with Crippen molar-refractivity contribution >= 4 is 28.6 Å². The van der Waals surface area contributed by atoms with Crippen molar-refractivity contribution in [2.45, 2.75) is 130 Å². The molecule has 1 saturated heterocycles. The predicted octanol–water partition coefficient (Wildman–Crippen LogP) is 5.56. The molecule has 0 aromatic carbocycles. The van der Waals surface area contributed by atoms with Crippen LogP contribution < -0.4 is 11.0 Å². The molecule has 0 aliphatic carbocycles. The van der Waals surface area contributed by atoms with Crippen molar-refractivity contribution in [2.24, 2.45) is 0 Å². The van der Waals surface area contributed by atoms with Gasteiger partial charge in [0.1, 0.15) is 18.0 Å². The molecule has 1 aromatic heterocycles. The van der Waals surface area contributed by atoms with Gasteiger partial charge in [0.15, 0.2) is 14.5 Å². The smallest absolute Gasteiger partial charge is 0.351 e. The Morgan fingerprint density at radius 1 is 1.27 bits per heavy atom. The molecule has 1 aliphatic heterocycles. The van der Waals surface area contributed by atoms with Gasteiger partial charge in [-0.2, -0.15) is 10.2 Å². The lowest BCUT2D eigenvalue weighted by atomic mass is 10.1. The first-order chi connectivity index (χ1) is 18.5. The van der Waals surface area contributed by atoms with Crippen LogP contribution in [0.25, 0.3) is 0 Å². The van der Waals surface area contributed by atoms with E-state index in [0.717, 1.165) is 0 Å². The Labute approximate surface area is 241 Å². The number of rotatable bonds is 13. The van der Waals surface area contributed by atoms with E-state index in [4.69, 9.17) is 23.5 Å². The first-order valence-electron chi connectivity index (χ1n) is 14.0. The average Bonchev–Trinajstić information content (AvgIpc) is 3.13. The molecule has 0 spiro atoms. The Balaban J connectivity index is 2.59. The second-order valence-electron chi connectivity index (χ2n) is 12.1. The van der Waals surface area contributed by atoms with Gasteiger partial charge in [0.25, 0.3) is 8.53 Å². The minimum Gasteiger partial charge on any atom is -0.407 e.